The molecule has 0 amide bonds. The molecule has 1 aromatic heterocycles. The van der Waals surface area contributed by atoms with E-state index in [1.54, 1.807) is 20.3 Å². The zero-order valence-electron chi connectivity index (χ0n) is 17.4. The van der Waals surface area contributed by atoms with E-state index in [9.17, 15) is 5.26 Å². The molecule has 1 aliphatic rings. The zero-order valence-corrected chi connectivity index (χ0v) is 17.4. The molecule has 2 aromatic carbocycles. The molecule has 1 aliphatic heterocycles. The van der Waals surface area contributed by atoms with E-state index in [-0.39, 0.29) is 11.5 Å². The van der Waals surface area contributed by atoms with Gasteiger partial charge in [0.25, 0.3) is 0 Å². The van der Waals surface area contributed by atoms with Gasteiger partial charge in [0.1, 0.15) is 17.4 Å². The lowest BCUT2D eigenvalue weighted by atomic mass is 9.82. The van der Waals surface area contributed by atoms with E-state index in [2.05, 4.69) is 16.3 Å². The molecule has 3 aromatic rings. The Balaban J connectivity index is 1.92. The van der Waals surface area contributed by atoms with E-state index in [1.807, 2.05) is 43.3 Å². The number of benzene rings is 2. The van der Waals surface area contributed by atoms with Gasteiger partial charge in [-0.1, -0.05) is 12.1 Å². The van der Waals surface area contributed by atoms with Gasteiger partial charge in [0.2, 0.25) is 11.8 Å². The number of ether oxygens (including phenoxy) is 4. The van der Waals surface area contributed by atoms with E-state index in [0.29, 0.717) is 35.2 Å². The highest BCUT2D eigenvalue weighted by Gasteiger charge is 2.37. The normalized spacial score (nSPS) is 15.0. The predicted molar refractivity (Wildman–Crippen MR) is 114 cm³/mol. The minimum Gasteiger partial charge on any atom is -0.494 e. The molecular weight excluding hydrogens is 396 g/mol. The predicted octanol–water partition coefficient (Wildman–Crippen LogP) is 3.71. The fraction of sp³-hybridized carbons (Fsp3) is 0.217. The van der Waals surface area contributed by atoms with Crippen LogP contribution in [0.25, 0.3) is 11.3 Å². The quantitative estimate of drug-likeness (QED) is 0.627. The van der Waals surface area contributed by atoms with Gasteiger partial charge in [0, 0.05) is 11.1 Å². The molecule has 4 rings (SSSR count). The van der Waals surface area contributed by atoms with Gasteiger partial charge in [-0.15, -0.1) is 5.10 Å². The van der Waals surface area contributed by atoms with Crippen molar-refractivity contribution < 1.29 is 18.9 Å². The van der Waals surface area contributed by atoms with Gasteiger partial charge in [0.05, 0.1) is 38.0 Å². The number of aromatic amines is 1. The van der Waals surface area contributed by atoms with E-state index in [0.717, 1.165) is 16.9 Å². The number of para-hydroxylation sites is 1. The number of hydrogen-bond acceptors (Lipinski definition) is 7. The molecule has 1 unspecified atom stereocenters. The molecule has 0 saturated heterocycles. The number of rotatable bonds is 6. The number of aromatic nitrogens is 2. The molecule has 3 N–H and O–H groups in total. The molecule has 8 heteroatoms. The van der Waals surface area contributed by atoms with Crippen molar-refractivity contribution in [2.75, 3.05) is 20.8 Å². The lowest BCUT2D eigenvalue weighted by Crippen LogP contribution is -2.21. The van der Waals surface area contributed by atoms with Crippen LogP contribution in [0.1, 0.15) is 24.0 Å². The molecule has 1 atom stereocenters. The third-order valence-corrected chi connectivity index (χ3v) is 5.14. The number of methoxy groups -OCH3 is 2. The number of allylic oxidation sites excluding steroid dienone is 1. The van der Waals surface area contributed by atoms with Crippen molar-refractivity contribution in [2.45, 2.75) is 12.8 Å². The second-order valence-electron chi connectivity index (χ2n) is 6.78. The second-order valence-corrected chi connectivity index (χ2v) is 6.78. The van der Waals surface area contributed by atoms with Crippen LogP contribution in [-0.2, 0) is 0 Å². The number of nitrogens with one attached hydrogen (secondary N) is 1. The Kier molecular flexibility index (Phi) is 5.41. The smallest absolute Gasteiger partial charge is 0.244 e. The number of hydrogen-bond donors (Lipinski definition) is 2. The third-order valence-electron chi connectivity index (χ3n) is 5.14. The van der Waals surface area contributed by atoms with Gasteiger partial charge in [-0.3, -0.25) is 5.10 Å². The first-order valence-electron chi connectivity index (χ1n) is 9.72. The first kappa shape index (κ1) is 20.2. The van der Waals surface area contributed by atoms with Crippen molar-refractivity contribution in [1.82, 2.24) is 10.2 Å². The molecule has 31 heavy (non-hydrogen) atoms. The summed E-state index contributed by atoms with van der Waals surface area (Å²) in [6, 6.07) is 15.3. The molecular formula is C23H22N4O4. The van der Waals surface area contributed by atoms with Crippen LogP contribution in [-0.4, -0.2) is 31.0 Å². The van der Waals surface area contributed by atoms with Crippen LogP contribution in [0.15, 0.2) is 53.9 Å². The van der Waals surface area contributed by atoms with E-state index in [1.165, 1.54) is 0 Å². The molecule has 0 fully saturated rings. The van der Waals surface area contributed by atoms with Crippen molar-refractivity contribution in [3.8, 4) is 40.5 Å². The Bertz CT molecular complexity index is 1180. The van der Waals surface area contributed by atoms with Crippen LogP contribution in [0.3, 0.4) is 0 Å². The molecule has 0 saturated carbocycles. The van der Waals surface area contributed by atoms with Gasteiger partial charge in [-0.2, -0.15) is 5.26 Å². The van der Waals surface area contributed by atoms with Crippen LogP contribution in [0.2, 0.25) is 0 Å². The molecule has 0 spiro atoms. The summed E-state index contributed by atoms with van der Waals surface area (Å²) in [5, 5.41) is 17.3. The summed E-state index contributed by atoms with van der Waals surface area (Å²) in [5.41, 5.74) is 9.36. The molecule has 0 aliphatic carbocycles. The highest BCUT2D eigenvalue weighted by molar-refractivity contribution is 5.72. The maximum Gasteiger partial charge on any atom is 0.244 e. The maximum atomic E-state index is 9.92. The Morgan fingerprint density at radius 3 is 2.58 bits per heavy atom. The Morgan fingerprint density at radius 2 is 1.94 bits per heavy atom. The lowest BCUT2D eigenvalue weighted by Gasteiger charge is -2.26. The average molecular weight is 418 g/mol. The summed E-state index contributed by atoms with van der Waals surface area (Å²) in [4.78, 5) is 0. The first-order valence-corrected chi connectivity index (χ1v) is 9.72. The topological polar surface area (TPSA) is 115 Å². The van der Waals surface area contributed by atoms with E-state index < -0.39 is 5.92 Å². The molecule has 2 heterocycles. The minimum atomic E-state index is -0.556. The highest BCUT2D eigenvalue weighted by atomic mass is 16.5. The van der Waals surface area contributed by atoms with Gasteiger partial charge in [-0.25, -0.2) is 0 Å². The maximum absolute atomic E-state index is 9.92. The van der Waals surface area contributed by atoms with E-state index in [4.69, 9.17) is 24.7 Å². The van der Waals surface area contributed by atoms with Gasteiger partial charge in [-0.05, 0) is 37.3 Å². The minimum absolute atomic E-state index is 0.00890. The van der Waals surface area contributed by atoms with Crippen LogP contribution >= 0.6 is 0 Å². The van der Waals surface area contributed by atoms with Crippen molar-refractivity contribution in [3.63, 3.8) is 0 Å². The van der Waals surface area contributed by atoms with Crippen LogP contribution in [0, 0.1) is 11.3 Å². The average Bonchev–Trinajstić information content (AvgIpc) is 3.21. The number of nitriles is 1. The number of nitrogens with two attached hydrogens (primary N) is 1. The summed E-state index contributed by atoms with van der Waals surface area (Å²) >= 11 is 0. The monoisotopic (exact) mass is 418 g/mol. The van der Waals surface area contributed by atoms with Crippen LogP contribution in [0.5, 0.6) is 23.1 Å². The molecule has 8 nitrogen and oxygen atoms in total. The standard InChI is InChI=1S/C23H22N4O4/c1-4-30-14-10-8-13(9-11-14)20-19-18(15-6-5-7-17(28-2)21(15)29-3)16(12-24)22(25)31-23(19)27-26-20/h5-11,18H,4,25H2,1-3H3,(H,26,27). The van der Waals surface area contributed by atoms with Crippen molar-refractivity contribution >= 4 is 0 Å². The highest BCUT2D eigenvalue weighted by Crippen LogP contribution is 2.49. The fourth-order valence-corrected chi connectivity index (χ4v) is 3.80. The second kappa shape index (κ2) is 8.32. The van der Waals surface area contributed by atoms with Crippen molar-refractivity contribution in [3.05, 3.63) is 65.0 Å². The first-order chi connectivity index (χ1) is 15.1. The largest absolute Gasteiger partial charge is 0.494 e. The molecule has 158 valence electrons. The van der Waals surface area contributed by atoms with Crippen LogP contribution in [0.4, 0.5) is 0 Å². The molecule has 0 radical (unpaired) electrons. The van der Waals surface area contributed by atoms with Gasteiger partial charge >= 0.3 is 0 Å². The summed E-state index contributed by atoms with van der Waals surface area (Å²) in [6.45, 7) is 2.52. The van der Waals surface area contributed by atoms with Crippen LogP contribution < -0.4 is 24.7 Å². The number of H-pyrrole nitrogens is 1. The number of fused-ring (bicyclic) bond motifs is 1. The lowest BCUT2D eigenvalue weighted by molar-refractivity contribution is 0.340. The summed E-state index contributed by atoms with van der Waals surface area (Å²) in [7, 11) is 3.12. The fourth-order valence-electron chi connectivity index (χ4n) is 3.80. The van der Waals surface area contributed by atoms with Gasteiger partial charge < -0.3 is 24.7 Å². The summed E-state index contributed by atoms with van der Waals surface area (Å²) < 4.78 is 22.3. The zero-order chi connectivity index (χ0) is 22.0. The number of nitrogens with zero attached hydrogens (tertiary/aromatic N) is 2. The SMILES string of the molecule is CCOc1ccc(-c2[nH]nc3c2C(c2cccc(OC)c2OC)C(C#N)=C(N)O3)cc1. The Morgan fingerprint density at radius 1 is 1.16 bits per heavy atom. The van der Waals surface area contributed by atoms with E-state index >= 15 is 0 Å². The van der Waals surface area contributed by atoms with Crippen molar-refractivity contribution in [1.29, 1.82) is 5.26 Å². The Labute approximate surface area is 179 Å². The molecule has 0 bridgehead atoms. The summed E-state index contributed by atoms with van der Waals surface area (Å²) in [5.74, 6) is 1.60. The summed E-state index contributed by atoms with van der Waals surface area (Å²) in [6.07, 6.45) is 0. The van der Waals surface area contributed by atoms with Gasteiger partial charge in [0.15, 0.2) is 11.5 Å². The third kappa shape index (κ3) is 3.40. The van der Waals surface area contributed by atoms with Crippen molar-refractivity contribution in [2.24, 2.45) is 5.73 Å². The Hall–Kier alpha value is -4.12.